The second kappa shape index (κ2) is 21.3. The van der Waals surface area contributed by atoms with Gasteiger partial charge in [0.1, 0.15) is 0 Å². The number of piperidine rings is 2. The third kappa shape index (κ3) is 16.0. The largest absolute Gasteiger partial charge is 0.393 e. The van der Waals surface area contributed by atoms with E-state index in [4.69, 9.17) is 5.11 Å². The van der Waals surface area contributed by atoms with Crippen LogP contribution in [0.2, 0.25) is 0 Å². The molecule has 336 valence electrons. The Bertz CT molecular complexity index is 2340. The average Bonchev–Trinajstić information content (AvgIpc) is 3.80. The van der Waals surface area contributed by atoms with Crippen LogP contribution < -0.4 is 30.3 Å². The molecule has 6 rings (SSSR count). The summed E-state index contributed by atoms with van der Waals surface area (Å²) in [6.07, 6.45) is 6.22. The molecule has 16 nitrogen and oxygen atoms in total. The Kier molecular flexibility index (Phi) is 17.6. The zero-order valence-corrected chi connectivity index (χ0v) is 40.5. The van der Waals surface area contributed by atoms with Gasteiger partial charge in [-0.3, -0.25) is 9.59 Å². The number of aliphatic hydroxyl groups excluding tert-OH is 2. The van der Waals surface area contributed by atoms with Gasteiger partial charge in [-0.2, -0.15) is 0 Å². The third-order valence-corrected chi connectivity index (χ3v) is 14.8. The number of hydrogen-bond acceptors (Lipinski definition) is 14. The van der Waals surface area contributed by atoms with Gasteiger partial charge < -0.3 is 31.1 Å². The van der Waals surface area contributed by atoms with Crippen molar-refractivity contribution in [2.45, 2.75) is 114 Å². The topological polar surface area (TPSA) is 232 Å². The number of carbonyl (C=O) groups is 2. The zero-order valence-electron chi connectivity index (χ0n) is 35.6. The van der Waals surface area contributed by atoms with E-state index in [1.165, 1.54) is 48.7 Å². The highest BCUT2D eigenvalue weighted by Gasteiger charge is 2.29. The fourth-order valence-electron chi connectivity index (χ4n) is 6.15. The summed E-state index contributed by atoms with van der Waals surface area (Å²) in [6.45, 7) is 16.8. The van der Waals surface area contributed by atoms with Crippen LogP contribution in [0.3, 0.4) is 0 Å². The quantitative estimate of drug-likeness (QED) is 0.100. The van der Waals surface area contributed by atoms with Crippen LogP contribution in [0.15, 0.2) is 62.5 Å². The molecule has 4 aromatic rings. The average molecular weight is 986 g/mol. The lowest BCUT2D eigenvalue weighted by Crippen LogP contribution is -2.40. The number of thiazole rings is 2. The lowest BCUT2D eigenvalue weighted by atomic mass is 10.1. The van der Waals surface area contributed by atoms with Gasteiger partial charge in [0, 0.05) is 72.9 Å². The van der Waals surface area contributed by atoms with E-state index in [2.05, 4.69) is 56.2 Å². The molecule has 0 bridgehead atoms. The summed E-state index contributed by atoms with van der Waals surface area (Å²) in [7, 11) is -7.63. The van der Waals surface area contributed by atoms with Gasteiger partial charge in [-0.25, -0.2) is 36.2 Å². The first-order chi connectivity index (χ1) is 28.3. The van der Waals surface area contributed by atoms with Crippen molar-refractivity contribution in [1.82, 2.24) is 24.7 Å². The number of halogens is 1. The van der Waals surface area contributed by atoms with Gasteiger partial charge in [0.2, 0.25) is 31.9 Å². The number of carbonyl (C=O) groups excluding carboxylic acids is 2. The van der Waals surface area contributed by atoms with Crippen LogP contribution in [0.4, 0.5) is 16.5 Å². The molecule has 7 N–H and O–H groups in total. The lowest BCUT2D eigenvalue weighted by molar-refractivity contribution is -0.115. The van der Waals surface area contributed by atoms with E-state index in [1.54, 1.807) is 78.2 Å². The number of aromatic nitrogens is 2. The van der Waals surface area contributed by atoms with Gasteiger partial charge in [-0.1, -0.05) is 23.5 Å². The van der Waals surface area contributed by atoms with E-state index < -0.39 is 31.1 Å². The number of amides is 2. The summed E-state index contributed by atoms with van der Waals surface area (Å²) in [5, 5.41) is 27.8. The van der Waals surface area contributed by atoms with E-state index in [1.807, 2.05) is 0 Å². The van der Waals surface area contributed by atoms with Crippen molar-refractivity contribution >= 4 is 87.0 Å². The number of nitrogens with zero attached hydrogens (tertiary/aromatic N) is 3. The van der Waals surface area contributed by atoms with Gasteiger partial charge in [0.05, 0.1) is 31.8 Å². The summed E-state index contributed by atoms with van der Waals surface area (Å²) in [5.41, 5.74) is 0.604. The molecule has 0 unspecified atom stereocenters. The summed E-state index contributed by atoms with van der Waals surface area (Å²) >= 11 is 6.04. The molecule has 0 radical (unpaired) electrons. The van der Waals surface area contributed by atoms with Gasteiger partial charge in [-0.15, -0.1) is 11.3 Å². The van der Waals surface area contributed by atoms with Gasteiger partial charge in [-0.05, 0) is 121 Å². The maximum Gasteiger partial charge on any atom is 0.241 e. The molecule has 0 atom stereocenters. The molecule has 0 aliphatic carbocycles. The first-order valence-electron chi connectivity index (χ1n) is 19.6. The molecular formula is C40H57BrN8O8S4. The summed E-state index contributed by atoms with van der Waals surface area (Å²) in [6, 6.07) is 9.64. The zero-order chi connectivity index (χ0) is 45.3. The molecular weight excluding hydrogens is 929 g/mol. The van der Waals surface area contributed by atoms with Crippen LogP contribution in [0.5, 0.6) is 0 Å². The van der Waals surface area contributed by atoms with Crippen LogP contribution in [0.1, 0.15) is 81.1 Å². The highest BCUT2D eigenvalue weighted by atomic mass is 79.9. The predicted molar refractivity (Wildman–Crippen MR) is 247 cm³/mol. The molecule has 2 aliphatic heterocycles. The van der Waals surface area contributed by atoms with Crippen molar-refractivity contribution in [1.29, 1.82) is 0 Å². The van der Waals surface area contributed by atoms with Crippen LogP contribution in [-0.4, -0.2) is 98.3 Å². The molecule has 21 heteroatoms. The Balaban J connectivity index is 0.000000235. The Labute approximate surface area is 375 Å². The predicted octanol–water partition coefficient (Wildman–Crippen LogP) is 6.14. The Morgan fingerprint density at radius 3 is 1.52 bits per heavy atom. The SMILES string of the molecule is CC(=O)Nc1ccc(-c2cnc(Br)s2)c(S(=O)(=O)NC(C)(C)C)c1.CC(=O)Nc1ccc(-c2cnc(N3CCC(O)CC3)s2)c(S(=O)(=O)NC(C)(C)C)c1.OC1CCNCC1. The highest BCUT2D eigenvalue weighted by molar-refractivity contribution is 9.11. The molecule has 0 spiro atoms. The number of nitrogens with one attached hydrogen (secondary N) is 5. The Morgan fingerprint density at radius 2 is 1.15 bits per heavy atom. The van der Waals surface area contributed by atoms with Crippen molar-refractivity contribution < 1.29 is 36.6 Å². The first kappa shape index (κ1) is 50.3. The smallest absolute Gasteiger partial charge is 0.241 e. The number of rotatable bonds is 9. The van der Waals surface area contributed by atoms with E-state index >= 15 is 0 Å². The molecule has 0 saturated carbocycles. The third-order valence-electron chi connectivity index (χ3n) is 8.61. The van der Waals surface area contributed by atoms with E-state index in [0.717, 1.165) is 35.9 Å². The van der Waals surface area contributed by atoms with E-state index in [0.29, 0.717) is 57.2 Å². The molecule has 2 aromatic heterocycles. The second-order valence-corrected chi connectivity index (χ2v) is 23.3. The minimum Gasteiger partial charge on any atom is -0.393 e. The Morgan fingerprint density at radius 1 is 0.721 bits per heavy atom. The van der Waals surface area contributed by atoms with Crippen LogP contribution in [0, 0.1) is 0 Å². The molecule has 2 aliphatic rings. The maximum absolute atomic E-state index is 13.1. The maximum atomic E-state index is 13.1. The number of aliphatic hydroxyl groups is 2. The lowest BCUT2D eigenvalue weighted by Gasteiger charge is -2.29. The number of benzene rings is 2. The van der Waals surface area contributed by atoms with Gasteiger partial charge >= 0.3 is 0 Å². The molecule has 2 aromatic carbocycles. The minimum absolute atomic E-state index is 0.0266. The molecule has 61 heavy (non-hydrogen) atoms. The summed E-state index contributed by atoms with van der Waals surface area (Å²) < 4.78 is 58.0. The van der Waals surface area contributed by atoms with Crippen LogP contribution in [-0.2, 0) is 29.6 Å². The highest BCUT2D eigenvalue weighted by Crippen LogP contribution is 2.38. The number of anilines is 3. The minimum atomic E-state index is -3.85. The Hall–Kier alpha value is -3.38. The van der Waals surface area contributed by atoms with Crippen molar-refractivity contribution in [2.24, 2.45) is 0 Å². The first-order valence-corrected chi connectivity index (χ1v) is 25.0. The van der Waals surface area contributed by atoms with Gasteiger partial charge in [0.15, 0.2) is 9.05 Å². The molecule has 2 fully saturated rings. The standard InChI is InChI=1S/C20H28N4O4S2.C15H18BrN3O3S2.C5H11NO/c1-13(25)22-14-5-6-16(18(11-14)30(27,28)23-20(2,3)4)17-12-21-19(29-17)24-9-7-15(26)8-10-24;1-9(20)18-10-5-6-11(12-8-17-14(16)23-12)13(7-10)24(21,22)19-15(2,3)4;7-5-1-3-6-4-2-5/h5-6,11-12,15,23,26H,7-10H2,1-4H3,(H,22,25);5-8,19H,1-4H3,(H,18,20);5-7H,1-4H2. The van der Waals surface area contributed by atoms with Gasteiger partial charge in [0.25, 0.3) is 0 Å². The fourth-order valence-corrected chi connectivity index (χ4v) is 11.9. The molecule has 2 amide bonds. The monoisotopic (exact) mass is 984 g/mol. The normalized spacial score (nSPS) is 15.6. The van der Waals surface area contributed by atoms with Crippen molar-refractivity contribution in [3.05, 3.63) is 52.7 Å². The van der Waals surface area contributed by atoms with Crippen molar-refractivity contribution in [3.8, 4) is 20.9 Å². The second-order valence-electron chi connectivity index (χ2n) is 16.7. The molecule has 2 saturated heterocycles. The number of sulfonamides is 2. The summed E-state index contributed by atoms with van der Waals surface area (Å²) in [5.74, 6) is -0.544. The fraction of sp³-hybridized carbons (Fsp3) is 0.500. The summed E-state index contributed by atoms with van der Waals surface area (Å²) in [4.78, 5) is 35.1. The van der Waals surface area contributed by atoms with Crippen molar-refractivity contribution in [2.75, 3.05) is 41.7 Å². The van der Waals surface area contributed by atoms with E-state index in [-0.39, 0.29) is 33.8 Å². The van der Waals surface area contributed by atoms with Crippen LogP contribution in [0.25, 0.3) is 20.9 Å². The van der Waals surface area contributed by atoms with Crippen LogP contribution >= 0.6 is 38.6 Å². The number of hydrogen-bond donors (Lipinski definition) is 7. The van der Waals surface area contributed by atoms with Crippen molar-refractivity contribution in [3.63, 3.8) is 0 Å². The molecule has 4 heterocycles. The van der Waals surface area contributed by atoms with E-state index in [9.17, 15) is 31.5 Å².